The molecule has 0 fully saturated rings. The highest BCUT2D eigenvalue weighted by Crippen LogP contribution is 2.43. The second-order valence-corrected chi connectivity index (χ2v) is 11.3. The van der Waals surface area contributed by atoms with Gasteiger partial charge in [-0.3, -0.25) is 9.40 Å². The van der Waals surface area contributed by atoms with Crippen LogP contribution >= 0.6 is 15.9 Å². The monoisotopic (exact) mass is 577 g/mol. The summed E-state index contributed by atoms with van der Waals surface area (Å²) in [4.78, 5) is 12.4. The summed E-state index contributed by atoms with van der Waals surface area (Å²) in [6.45, 7) is 3.78. The highest BCUT2D eigenvalue weighted by atomic mass is 79.9. The van der Waals surface area contributed by atoms with E-state index in [0.29, 0.717) is 16.9 Å². The third-order valence-electron chi connectivity index (χ3n) is 6.31. The fourth-order valence-corrected chi connectivity index (χ4v) is 5.97. The van der Waals surface area contributed by atoms with Crippen LogP contribution in [0.2, 0.25) is 0 Å². The number of rotatable bonds is 5. The van der Waals surface area contributed by atoms with Crippen molar-refractivity contribution in [1.82, 2.24) is 4.68 Å². The van der Waals surface area contributed by atoms with Crippen LogP contribution in [0, 0.1) is 13.8 Å². The highest BCUT2D eigenvalue weighted by molar-refractivity contribution is 9.10. The Kier molecular flexibility index (Phi) is 6.43. The van der Waals surface area contributed by atoms with Crippen molar-refractivity contribution in [3.63, 3.8) is 0 Å². The van der Waals surface area contributed by atoms with Gasteiger partial charge >= 0.3 is 6.09 Å². The number of nitrogens with one attached hydrogen (secondary N) is 2. The first-order chi connectivity index (χ1) is 17.7. The van der Waals surface area contributed by atoms with E-state index in [4.69, 9.17) is 4.74 Å². The van der Waals surface area contributed by atoms with Gasteiger partial charge in [0.25, 0.3) is 10.0 Å². The van der Waals surface area contributed by atoms with Crippen molar-refractivity contribution in [1.29, 1.82) is 0 Å². The zero-order valence-electron chi connectivity index (χ0n) is 20.4. The van der Waals surface area contributed by atoms with E-state index in [0.717, 1.165) is 37.3 Å². The molecule has 188 valence electrons. The third-order valence-corrected chi connectivity index (χ3v) is 8.18. The summed E-state index contributed by atoms with van der Waals surface area (Å²) in [7, 11) is -2.56. The maximum absolute atomic E-state index is 13.3. The molecule has 0 bridgehead atoms. The van der Waals surface area contributed by atoms with Crippen LogP contribution in [0.25, 0.3) is 32.8 Å². The molecular formula is C28H24BrN3O4S. The summed E-state index contributed by atoms with van der Waals surface area (Å²) in [5, 5.41) is 2.86. The zero-order chi connectivity index (χ0) is 26.3. The summed E-state index contributed by atoms with van der Waals surface area (Å²) >= 11 is 3.55. The van der Waals surface area contributed by atoms with Gasteiger partial charge in [0.15, 0.2) is 0 Å². The number of halogens is 1. The Morgan fingerprint density at radius 1 is 0.946 bits per heavy atom. The predicted molar refractivity (Wildman–Crippen MR) is 151 cm³/mol. The number of nitrogens with zero attached hydrogens (tertiary/aromatic N) is 1. The Morgan fingerprint density at radius 2 is 1.68 bits per heavy atom. The Hall–Kier alpha value is -3.82. The first-order valence-corrected chi connectivity index (χ1v) is 13.7. The standard InChI is InChI=1S/C28H24BrN3O4S/c1-17-8-12-21(13-9-17)37(34,35)31-24-14-11-20(29)16-23(24)26-18(2)32(30-28(33)36-3)25-15-10-19-6-4-5-7-22(19)27(25)26/h4-16,31H,1-3H3,(H,30,33). The fourth-order valence-electron chi connectivity index (χ4n) is 4.53. The van der Waals surface area contributed by atoms with Crippen molar-refractivity contribution in [2.45, 2.75) is 18.7 Å². The van der Waals surface area contributed by atoms with E-state index in [2.05, 4.69) is 26.1 Å². The van der Waals surface area contributed by atoms with Gasteiger partial charge in [-0.25, -0.2) is 18.6 Å². The molecular weight excluding hydrogens is 554 g/mol. The van der Waals surface area contributed by atoms with Crippen LogP contribution in [-0.4, -0.2) is 26.3 Å². The molecule has 0 saturated heterocycles. The van der Waals surface area contributed by atoms with Gasteiger partial charge in [-0.2, -0.15) is 0 Å². The lowest BCUT2D eigenvalue weighted by atomic mass is 9.97. The molecule has 7 nitrogen and oxygen atoms in total. The highest BCUT2D eigenvalue weighted by Gasteiger charge is 2.24. The number of hydrogen-bond acceptors (Lipinski definition) is 4. The number of aromatic nitrogens is 1. The molecule has 2 N–H and O–H groups in total. The summed E-state index contributed by atoms with van der Waals surface area (Å²) in [6.07, 6.45) is -0.616. The van der Waals surface area contributed by atoms with Gasteiger partial charge in [0, 0.05) is 26.7 Å². The molecule has 0 unspecified atom stereocenters. The Morgan fingerprint density at radius 3 is 2.41 bits per heavy atom. The Labute approximate surface area is 223 Å². The van der Waals surface area contributed by atoms with Crippen LogP contribution in [0.1, 0.15) is 11.3 Å². The van der Waals surface area contributed by atoms with Crippen LogP contribution < -0.4 is 10.1 Å². The van der Waals surface area contributed by atoms with Crippen molar-refractivity contribution in [3.05, 3.63) is 94.6 Å². The van der Waals surface area contributed by atoms with E-state index < -0.39 is 16.1 Å². The quantitative estimate of drug-likeness (QED) is 0.236. The second kappa shape index (κ2) is 9.57. The molecule has 5 aromatic rings. The van der Waals surface area contributed by atoms with E-state index in [1.54, 1.807) is 41.1 Å². The van der Waals surface area contributed by atoms with Crippen molar-refractivity contribution in [2.75, 3.05) is 17.3 Å². The number of fused-ring (bicyclic) bond motifs is 3. The molecule has 9 heteroatoms. The van der Waals surface area contributed by atoms with Gasteiger partial charge in [0.05, 0.1) is 23.2 Å². The molecule has 0 aliphatic carbocycles. The first-order valence-electron chi connectivity index (χ1n) is 11.5. The maximum Gasteiger partial charge on any atom is 0.426 e. The lowest BCUT2D eigenvalue weighted by Gasteiger charge is -2.15. The van der Waals surface area contributed by atoms with Gasteiger partial charge < -0.3 is 4.74 Å². The van der Waals surface area contributed by atoms with Crippen LogP contribution in [0.3, 0.4) is 0 Å². The molecule has 0 aliphatic rings. The minimum Gasteiger partial charge on any atom is -0.452 e. The molecule has 5 rings (SSSR count). The molecule has 1 aromatic heterocycles. The number of methoxy groups -OCH3 is 1. The average molecular weight is 578 g/mol. The number of anilines is 1. The summed E-state index contributed by atoms with van der Waals surface area (Å²) in [6, 6.07) is 23.9. The van der Waals surface area contributed by atoms with Crippen molar-refractivity contribution >= 4 is 59.4 Å². The molecule has 1 heterocycles. The van der Waals surface area contributed by atoms with E-state index in [9.17, 15) is 13.2 Å². The number of carbonyl (C=O) groups is 1. The minimum atomic E-state index is -3.86. The van der Waals surface area contributed by atoms with Crippen molar-refractivity contribution in [2.24, 2.45) is 0 Å². The maximum atomic E-state index is 13.3. The molecule has 0 atom stereocenters. The molecule has 4 aromatic carbocycles. The smallest absolute Gasteiger partial charge is 0.426 e. The van der Waals surface area contributed by atoms with Gasteiger partial charge in [0.2, 0.25) is 0 Å². The lowest BCUT2D eigenvalue weighted by Crippen LogP contribution is -2.23. The normalized spacial score (nSPS) is 11.6. The lowest BCUT2D eigenvalue weighted by molar-refractivity contribution is 0.183. The Bertz CT molecular complexity index is 1780. The van der Waals surface area contributed by atoms with Gasteiger partial charge in [0.1, 0.15) is 0 Å². The Balaban J connectivity index is 1.78. The largest absolute Gasteiger partial charge is 0.452 e. The number of aryl methyl sites for hydroxylation is 1. The number of ether oxygens (including phenoxy) is 1. The van der Waals surface area contributed by atoms with Crippen LogP contribution in [0.4, 0.5) is 10.5 Å². The fraction of sp³-hybridized carbons (Fsp3) is 0.107. The van der Waals surface area contributed by atoms with Gasteiger partial charge in [-0.15, -0.1) is 0 Å². The van der Waals surface area contributed by atoms with Crippen LogP contribution in [0.15, 0.2) is 88.2 Å². The van der Waals surface area contributed by atoms with Gasteiger partial charge in [-0.05, 0) is 61.0 Å². The zero-order valence-corrected chi connectivity index (χ0v) is 22.8. The predicted octanol–water partition coefficient (Wildman–Crippen LogP) is 6.95. The number of benzene rings is 4. The van der Waals surface area contributed by atoms with Crippen molar-refractivity contribution in [3.8, 4) is 11.1 Å². The summed E-state index contributed by atoms with van der Waals surface area (Å²) in [5.74, 6) is 0. The van der Waals surface area contributed by atoms with E-state index in [1.165, 1.54) is 7.11 Å². The summed E-state index contributed by atoms with van der Waals surface area (Å²) in [5.41, 5.74) is 7.07. The molecule has 0 aliphatic heterocycles. The van der Waals surface area contributed by atoms with E-state index in [-0.39, 0.29) is 4.90 Å². The van der Waals surface area contributed by atoms with Crippen molar-refractivity contribution < 1.29 is 17.9 Å². The first kappa shape index (κ1) is 24.9. The molecule has 0 radical (unpaired) electrons. The van der Waals surface area contributed by atoms with Crippen LogP contribution in [-0.2, 0) is 14.8 Å². The van der Waals surface area contributed by atoms with Gasteiger partial charge in [-0.1, -0.05) is 64.0 Å². The number of carbonyl (C=O) groups excluding carboxylic acids is 1. The third kappa shape index (κ3) is 4.56. The topological polar surface area (TPSA) is 89.4 Å². The number of hydrogen-bond donors (Lipinski definition) is 2. The number of amides is 1. The molecule has 1 amide bonds. The minimum absolute atomic E-state index is 0.170. The second-order valence-electron chi connectivity index (χ2n) is 8.69. The summed E-state index contributed by atoms with van der Waals surface area (Å²) < 4.78 is 36.7. The molecule has 37 heavy (non-hydrogen) atoms. The molecule has 0 saturated carbocycles. The van der Waals surface area contributed by atoms with E-state index >= 15 is 0 Å². The van der Waals surface area contributed by atoms with E-state index in [1.807, 2.05) is 56.3 Å². The average Bonchev–Trinajstić information content (AvgIpc) is 3.16. The SMILES string of the molecule is COC(=O)Nn1c(C)c(-c2cc(Br)ccc2NS(=O)(=O)c2ccc(C)cc2)c2c3ccccc3ccc21. The number of sulfonamides is 1. The van der Waals surface area contributed by atoms with Crippen LogP contribution in [0.5, 0.6) is 0 Å². The molecule has 0 spiro atoms.